The van der Waals surface area contributed by atoms with E-state index in [2.05, 4.69) is 9.46 Å². The normalized spacial score (nSPS) is 11.7. The third-order valence-electron chi connectivity index (χ3n) is 3.29. The molecule has 8 nitrogen and oxygen atoms in total. The fourth-order valence-corrected chi connectivity index (χ4v) is 3.22. The molecule has 1 N–H and O–H groups in total. The Labute approximate surface area is 141 Å². The van der Waals surface area contributed by atoms with Gasteiger partial charge in [-0.25, -0.2) is 17.9 Å². The Balaban J connectivity index is 2.26. The van der Waals surface area contributed by atoms with Crippen LogP contribution in [0.4, 0.5) is 8.78 Å². The summed E-state index contributed by atoms with van der Waals surface area (Å²) in [7, 11) is -1.75. The minimum Gasteiger partial charge on any atom is -0.435 e. The number of sulfonamides is 1. The number of nitrogens with zero attached hydrogens (tertiary/aromatic N) is 2. The van der Waals surface area contributed by atoms with Crippen molar-refractivity contribution in [3.63, 3.8) is 0 Å². The predicted octanol–water partition coefficient (Wildman–Crippen LogP) is 0.164. The van der Waals surface area contributed by atoms with Crippen LogP contribution >= 0.6 is 0 Å². The molecule has 1 aromatic heterocycles. The zero-order valence-corrected chi connectivity index (χ0v) is 14.1. The van der Waals surface area contributed by atoms with Gasteiger partial charge in [0.25, 0.3) is 5.56 Å². The van der Waals surface area contributed by atoms with Crippen molar-refractivity contribution < 1.29 is 21.9 Å². The third kappa shape index (κ3) is 4.31. The molecule has 136 valence electrons. The lowest BCUT2D eigenvalue weighted by Gasteiger charge is -2.10. The molecule has 2 rings (SSSR count). The van der Waals surface area contributed by atoms with Crippen molar-refractivity contribution in [2.45, 2.75) is 18.1 Å². The number of hydrogen-bond acceptors (Lipinski definition) is 5. The van der Waals surface area contributed by atoms with Crippen molar-refractivity contribution in [1.29, 1.82) is 0 Å². The molecular weight excluding hydrogens is 360 g/mol. The molecule has 0 aliphatic carbocycles. The predicted molar refractivity (Wildman–Crippen MR) is 84.0 cm³/mol. The second-order valence-corrected chi connectivity index (χ2v) is 6.84. The Kier molecular flexibility index (Phi) is 5.38. The van der Waals surface area contributed by atoms with Gasteiger partial charge < -0.3 is 9.30 Å². The van der Waals surface area contributed by atoms with Crippen LogP contribution in [0.25, 0.3) is 0 Å². The fourth-order valence-electron chi connectivity index (χ4n) is 2.05. The fraction of sp³-hybridized carbons (Fsp3) is 0.286. The van der Waals surface area contributed by atoms with Crippen LogP contribution < -0.4 is 20.7 Å². The maximum absolute atomic E-state index is 12.3. The number of ether oxygens (including phenoxy) is 1. The van der Waals surface area contributed by atoms with E-state index in [-0.39, 0.29) is 12.3 Å². The molecule has 11 heteroatoms. The van der Waals surface area contributed by atoms with Crippen LogP contribution in [-0.4, -0.2) is 24.2 Å². The van der Waals surface area contributed by atoms with E-state index < -0.39 is 32.8 Å². The molecule has 0 fully saturated rings. The molecule has 0 aliphatic rings. The zero-order valence-electron chi connectivity index (χ0n) is 13.3. The number of aromatic nitrogens is 2. The number of benzene rings is 1. The first-order valence-corrected chi connectivity index (χ1v) is 8.40. The van der Waals surface area contributed by atoms with Gasteiger partial charge in [0.05, 0.1) is 0 Å². The molecule has 0 spiro atoms. The minimum atomic E-state index is -4.22. The maximum atomic E-state index is 12.3. The van der Waals surface area contributed by atoms with E-state index in [0.29, 0.717) is 10.1 Å². The van der Waals surface area contributed by atoms with Crippen LogP contribution in [0.2, 0.25) is 0 Å². The summed E-state index contributed by atoms with van der Waals surface area (Å²) < 4.78 is 57.1. The number of rotatable bonds is 6. The van der Waals surface area contributed by atoms with Gasteiger partial charge in [0.2, 0.25) is 10.0 Å². The van der Waals surface area contributed by atoms with Gasteiger partial charge in [0.15, 0.2) is 4.90 Å². The van der Waals surface area contributed by atoms with E-state index in [0.717, 1.165) is 17.8 Å². The standard InChI is InChI=1S/C14H15F2N3O5S/c1-18-8-11(12(20)19(2)14(18)21)25(22,23)17-7-9-4-3-5-10(6-9)24-13(15)16/h3-6,8,13,17H,7H2,1-2H3. The largest absolute Gasteiger partial charge is 0.435 e. The van der Waals surface area contributed by atoms with E-state index in [1.165, 1.54) is 31.3 Å². The van der Waals surface area contributed by atoms with E-state index in [1.54, 1.807) is 0 Å². The van der Waals surface area contributed by atoms with Crippen LogP contribution in [-0.2, 0) is 30.7 Å². The highest BCUT2D eigenvalue weighted by molar-refractivity contribution is 7.89. The lowest BCUT2D eigenvalue weighted by Crippen LogP contribution is -2.41. The van der Waals surface area contributed by atoms with Crippen molar-refractivity contribution in [3.05, 3.63) is 56.9 Å². The number of nitrogens with one attached hydrogen (secondary N) is 1. The van der Waals surface area contributed by atoms with Crippen LogP contribution in [0.5, 0.6) is 5.75 Å². The molecule has 1 heterocycles. The Morgan fingerprint density at radius 1 is 1.24 bits per heavy atom. The molecule has 0 amide bonds. The first kappa shape index (κ1) is 18.8. The smallest absolute Gasteiger partial charge is 0.387 e. The molecule has 0 radical (unpaired) electrons. The van der Waals surface area contributed by atoms with Crippen LogP contribution in [0.1, 0.15) is 5.56 Å². The zero-order chi connectivity index (χ0) is 18.8. The summed E-state index contributed by atoms with van der Waals surface area (Å²) in [4.78, 5) is 23.0. The topological polar surface area (TPSA) is 99.4 Å². The third-order valence-corrected chi connectivity index (χ3v) is 4.68. The molecule has 0 saturated carbocycles. The number of aryl methyl sites for hydroxylation is 1. The number of hydrogen-bond donors (Lipinski definition) is 1. The van der Waals surface area contributed by atoms with Gasteiger partial charge in [-0.05, 0) is 17.7 Å². The van der Waals surface area contributed by atoms with Gasteiger partial charge in [-0.3, -0.25) is 9.36 Å². The molecule has 2 aromatic rings. The average molecular weight is 375 g/mol. The summed E-state index contributed by atoms with van der Waals surface area (Å²) in [6.45, 7) is -3.25. The summed E-state index contributed by atoms with van der Waals surface area (Å²) >= 11 is 0. The highest BCUT2D eigenvalue weighted by Crippen LogP contribution is 2.16. The highest BCUT2D eigenvalue weighted by atomic mass is 32.2. The summed E-state index contributed by atoms with van der Waals surface area (Å²) in [6, 6.07) is 5.46. The van der Waals surface area contributed by atoms with Crippen molar-refractivity contribution in [2.75, 3.05) is 0 Å². The Morgan fingerprint density at radius 3 is 2.56 bits per heavy atom. The summed E-state index contributed by atoms with van der Waals surface area (Å²) in [6.07, 6.45) is 0.920. The van der Waals surface area contributed by atoms with Gasteiger partial charge in [-0.2, -0.15) is 8.78 Å². The SMILES string of the molecule is Cn1cc(S(=O)(=O)NCc2cccc(OC(F)F)c2)c(=O)n(C)c1=O. The van der Waals surface area contributed by atoms with E-state index in [9.17, 15) is 26.8 Å². The summed E-state index contributed by atoms with van der Waals surface area (Å²) in [5.74, 6) is -0.121. The molecule has 0 unspecified atom stereocenters. The second-order valence-electron chi connectivity index (χ2n) is 5.10. The molecule has 1 aromatic carbocycles. The summed E-state index contributed by atoms with van der Waals surface area (Å²) in [5.41, 5.74) is -1.28. The first-order chi connectivity index (χ1) is 11.6. The van der Waals surface area contributed by atoms with E-state index in [4.69, 9.17) is 0 Å². The van der Waals surface area contributed by atoms with Crippen LogP contribution in [0.3, 0.4) is 0 Å². The second kappa shape index (κ2) is 7.15. The number of halogens is 2. The van der Waals surface area contributed by atoms with Gasteiger partial charge in [-0.1, -0.05) is 12.1 Å². The van der Waals surface area contributed by atoms with Crippen molar-refractivity contribution in [1.82, 2.24) is 13.9 Å². The number of alkyl halides is 2. The molecular formula is C14H15F2N3O5S. The lowest BCUT2D eigenvalue weighted by molar-refractivity contribution is -0.0498. The molecule has 0 saturated heterocycles. The lowest BCUT2D eigenvalue weighted by atomic mass is 10.2. The van der Waals surface area contributed by atoms with Gasteiger partial charge in [0.1, 0.15) is 5.75 Å². The molecule has 0 atom stereocenters. The van der Waals surface area contributed by atoms with Crippen molar-refractivity contribution in [2.24, 2.45) is 14.1 Å². The summed E-state index contributed by atoms with van der Waals surface area (Å²) in [5, 5.41) is 0. The monoisotopic (exact) mass is 375 g/mol. The van der Waals surface area contributed by atoms with Crippen LogP contribution in [0.15, 0.2) is 44.9 Å². The highest BCUT2D eigenvalue weighted by Gasteiger charge is 2.21. The molecule has 25 heavy (non-hydrogen) atoms. The van der Waals surface area contributed by atoms with Crippen molar-refractivity contribution >= 4 is 10.0 Å². The van der Waals surface area contributed by atoms with Crippen molar-refractivity contribution in [3.8, 4) is 5.75 Å². The van der Waals surface area contributed by atoms with Gasteiger partial charge >= 0.3 is 12.3 Å². The van der Waals surface area contributed by atoms with E-state index >= 15 is 0 Å². The Hall–Kier alpha value is -2.53. The maximum Gasteiger partial charge on any atom is 0.387 e. The van der Waals surface area contributed by atoms with E-state index in [1.807, 2.05) is 0 Å². The quantitative estimate of drug-likeness (QED) is 0.776. The van der Waals surface area contributed by atoms with Gasteiger partial charge in [-0.15, -0.1) is 0 Å². The molecule has 0 aliphatic heterocycles. The molecule has 0 bridgehead atoms. The van der Waals surface area contributed by atoms with Crippen LogP contribution in [0, 0.1) is 0 Å². The Morgan fingerprint density at radius 2 is 1.92 bits per heavy atom. The average Bonchev–Trinajstić information content (AvgIpc) is 2.54. The van der Waals surface area contributed by atoms with Gasteiger partial charge in [0, 0.05) is 26.8 Å². The first-order valence-electron chi connectivity index (χ1n) is 6.92. The minimum absolute atomic E-state index is 0.121. The Bertz CT molecular complexity index is 998.